The molecule has 5 heteroatoms. The zero-order valence-corrected chi connectivity index (χ0v) is 13.6. The molecule has 0 aliphatic heterocycles. The summed E-state index contributed by atoms with van der Waals surface area (Å²) in [7, 11) is 0. The van der Waals surface area contributed by atoms with Crippen molar-refractivity contribution in [2.24, 2.45) is 11.3 Å². The number of ether oxygens (including phenoxy) is 1. The maximum Gasteiger partial charge on any atom is 0.225 e. The van der Waals surface area contributed by atoms with Crippen molar-refractivity contribution < 1.29 is 4.74 Å². The van der Waals surface area contributed by atoms with E-state index in [4.69, 9.17) is 10.5 Å². The molecule has 118 valence electrons. The predicted molar refractivity (Wildman–Crippen MR) is 86.4 cm³/mol. The van der Waals surface area contributed by atoms with E-state index in [-0.39, 0.29) is 12.1 Å². The number of nitrogens with two attached hydrogens (primary N) is 1. The van der Waals surface area contributed by atoms with Crippen LogP contribution < -0.4 is 15.8 Å². The Balaban J connectivity index is 2.06. The lowest BCUT2D eigenvalue weighted by Crippen LogP contribution is -2.34. The van der Waals surface area contributed by atoms with Crippen molar-refractivity contribution in [2.75, 3.05) is 17.6 Å². The van der Waals surface area contributed by atoms with Gasteiger partial charge in [-0.05, 0) is 37.0 Å². The Bertz CT molecular complexity index is 475. The maximum atomic E-state index is 6.09. The van der Waals surface area contributed by atoms with Gasteiger partial charge >= 0.3 is 0 Å². The Kier molecular flexibility index (Phi) is 4.91. The number of aromatic nitrogens is 2. The van der Waals surface area contributed by atoms with Crippen LogP contribution >= 0.6 is 0 Å². The summed E-state index contributed by atoms with van der Waals surface area (Å²) in [6.07, 6.45) is 4.62. The molecule has 0 spiro atoms. The zero-order chi connectivity index (χ0) is 15.5. The van der Waals surface area contributed by atoms with Gasteiger partial charge in [0.2, 0.25) is 11.8 Å². The van der Waals surface area contributed by atoms with E-state index < -0.39 is 0 Å². The number of nitrogens with zero attached hydrogens (tertiary/aromatic N) is 2. The van der Waals surface area contributed by atoms with E-state index in [2.05, 4.69) is 43.0 Å². The molecule has 1 aromatic rings. The average Bonchev–Trinajstić information content (AvgIpc) is 2.33. The van der Waals surface area contributed by atoms with E-state index in [0.29, 0.717) is 17.2 Å². The van der Waals surface area contributed by atoms with Crippen LogP contribution in [0, 0.1) is 11.3 Å². The molecular formula is C16H28N4O. The first kappa shape index (κ1) is 15.9. The van der Waals surface area contributed by atoms with Gasteiger partial charge in [0.25, 0.3) is 0 Å². The molecule has 21 heavy (non-hydrogen) atoms. The van der Waals surface area contributed by atoms with Crippen LogP contribution in [-0.4, -0.2) is 22.6 Å². The Morgan fingerprint density at radius 2 is 2.14 bits per heavy atom. The van der Waals surface area contributed by atoms with E-state index in [1.165, 1.54) is 6.42 Å². The molecule has 1 aromatic heterocycles. The van der Waals surface area contributed by atoms with Crippen LogP contribution in [0.25, 0.3) is 0 Å². The van der Waals surface area contributed by atoms with Crippen molar-refractivity contribution in [3.05, 3.63) is 6.07 Å². The molecule has 1 saturated carbocycles. The predicted octanol–water partition coefficient (Wildman–Crippen LogP) is 3.47. The molecule has 3 N–H and O–H groups in total. The Labute approximate surface area is 127 Å². The third-order valence-electron chi connectivity index (χ3n) is 3.91. The minimum Gasteiger partial charge on any atom is -0.474 e. The number of hydrogen-bond donors (Lipinski definition) is 2. The summed E-state index contributed by atoms with van der Waals surface area (Å²) in [4.78, 5) is 8.40. The van der Waals surface area contributed by atoms with Gasteiger partial charge in [-0.3, -0.25) is 0 Å². The lowest BCUT2D eigenvalue weighted by molar-refractivity contribution is 0.0533. The minimum atomic E-state index is 0.206. The van der Waals surface area contributed by atoms with E-state index in [1.54, 1.807) is 0 Å². The quantitative estimate of drug-likeness (QED) is 0.869. The highest BCUT2D eigenvalue weighted by atomic mass is 16.5. The molecule has 1 aliphatic rings. The molecule has 5 nitrogen and oxygen atoms in total. The van der Waals surface area contributed by atoms with Gasteiger partial charge in [0.15, 0.2) is 0 Å². The monoisotopic (exact) mass is 292 g/mol. The third-order valence-corrected chi connectivity index (χ3v) is 3.91. The highest BCUT2D eigenvalue weighted by Crippen LogP contribution is 2.39. The van der Waals surface area contributed by atoms with Gasteiger partial charge in [-0.25, -0.2) is 0 Å². The van der Waals surface area contributed by atoms with Gasteiger partial charge in [0.05, 0.1) is 0 Å². The highest BCUT2D eigenvalue weighted by molar-refractivity contribution is 5.42. The van der Waals surface area contributed by atoms with Gasteiger partial charge in [-0.15, -0.1) is 0 Å². The molecule has 2 rings (SSSR count). The molecule has 1 fully saturated rings. The van der Waals surface area contributed by atoms with E-state index in [0.717, 1.165) is 31.6 Å². The zero-order valence-electron chi connectivity index (χ0n) is 13.6. The summed E-state index contributed by atoms with van der Waals surface area (Å²) in [5.74, 6) is 2.25. The van der Waals surface area contributed by atoms with Crippen molar-refractivity contribution in [2.45, 2.75) is 59.5 Å². The van der Waals surface area contributed by atoms with Crippen LogP contribution in [0.1, 0.15) is 53.4 Å². The second-order valence-electron chi connectivity index (χ2n) is 7.03. The molecule has 1 heterocycles. The van der Waals surface area contributed by atoms with Crippen LogP contribution in [0.4, 0.5) is 11.8 Å². The second-order valence-corrected chi connectivity index (χ2v) is 7.03. The van der Waals surface area contributed by atoms with Gasteiger partial charge < -0.3 is 15.8 Å². The fraction of sp³-hybridized carbons (Fsp3) is 0.750. The Morgan fingerprint density at radius 1 is 1.38 bits per heavy atom. The lowest BCUT2D eigenvalue weighted by Gasteiger charge is -2.38. The number of nitrogen functional groups attached to an aromatic ring is 1. The van der Waals surface area contributed by atoms with Crippen molar-refractivity contribution in [3.8, 4) is 5.88 Å². The van der Waals surface area contributed by atoms with Crippen LogP contribution in [0.2, 0.25) is 0 Å². The normalized spacial score (nSPS) is 24.6. The second kappa shape index (κ2) is 6.50. The maximum absolute atomic E-state index is 6.09. The average molecular weight is 292 g/mol. The van der Waals surface area contributed by atoms with Crippen LogP contribution in [0.5, 0.6) is 5.88 Å². The summed E-state index contributed by atoms with van der Waals surface area (Å²) in [5.41, 5.74) is 6.10. The molecule has 0 amide bonds. The summed E-state index contributed by atoms with van der Waals surface area (Å²) in [6, 6.07) is 1.85. The van der Waals surface area contributed by atoms with Gasteiger partial charge in [0.1, 0.15) is 11.9 Å². The molecule has 2 unspecified atom stereocenters. The lowest BCUT2D eigenvalue weighted by atomic mass is 9.71. The molecule has 2 atom stereocenters. The van der Waals surface area contributed by atoms with Gasteiger partial charge in [-0.1, -0.05) is 27.7 Å². The summed E-state index contributed by atoms with van der Waals surface area (Å²) in [5, 5.41) is 3.23. The van der Waals surface area contributed by atoms with Crippen molar-refractivity contribution >= 4 is 11.8 Å². The smallest absolute Gasteiger partial charge is 0.225 e. The van der Waals surface area contributed by atoms with Gasteiger partial charge in [0, 0.05) is 12.6 Å². The van der Waals surface area contributed by atoms with E-state index in [9.17, 15) is 0 Å². The first-order valence-electron chi connectivity index (χ1n) is 7.93. The Morgan fingerprint density at radius 3 is 2.81 bits per heavy atom. The summed E-state index contributed by atoms with van der Waals surface area (Å²) in [6.45, 7) is 9.88. The SMILES string of the molecule is CCCNc1cc(OC2CC(C)CC(C)(C)C2)nc(N)n1. The standard InChI is InChI=1S/C16H28N4O/c1-5-6-18-13-8-14(20-15(17)19-13)21-12-7-11(2)9-16(3,4)10-12/h8,11-12H,5-7,9-10H2,1-4H3,(H3,17,18,19,20). The number of anilines is 2. The molecule has 0 radical (unpaired) electrons. The van der Waals surface area contributed by atoms with Crippen molar-refractivity contribution in [1.82, 2.24) is 9.97 Å². The van der Waals surface area contributed by atoms with E-state index >= 15 is 0 Å². The molecular weight excluding hydrogens is 264 g/mol. The van der Waals surface area contributed by atoms with Gasteiger partial charge in [-0.2, -0.15) is 9.97 Å². The topological polar surface area (TPSA) is 73.1 Å². The Hall–Kier alpha value is -1.52. The first-order chi connectivity index (χ1) is 9.88. The van der Waals surface area contributed by atoms with Crippen LogP contribution in [-0.2, 0) is 0 Å². The summed E-state index contributed by atoms with van der Waals surface area (Å²) < 4.78 is 6.09. The number of rotatable bonds is 5. The first-order valence-corrected chi connectivity index (χ1v) is 7.93. The minimum absolute atomic E-state index is 0.206. The van der Waals surface area contributed by atoms with Crippen LogP contribution in [0.3, 0.4) is 0 Å². The van der Waals surface area contributed by atoms with E-state index in [1.807, 2.05) is 6.07 Å². The van der Waals surface area contributed by atoms with Crippen molar-refractivity contribution in [3.63, 3.8) is 0 Å². The largest absolute Gasteiger partial charge is 0.474 e. The molecule has 0 saturated heterocycles. The fourth-order valence-corrected chi connectivity index (χ4v) is 3.37. The summed E-state index contributed by atoms with van der Waals surface area (Å²) >= 11 is 0. The number of nitrogens with one attached hydrogen (secondary N) is 1. The van der Waals surface area contributed by atoms with Crippen molar-refractivity contribution in [1.29, 1.82) is 0 Å². The molecule has 1 aliphatic carbocycles. The van der Waals surface area contributed by atoms with Crippen LogP contribution in [0.15, 0.2) is 6.07 Å². The molecule has 0 bridgehead atoms. The molecule has 0 aromatic carbocycles. The number of hydrogen-bond acceptors (Lipinski definition) is 5. The highest BCUT2D eigenvalue weighted by Gasteiger charge is 2.33. The fourth-order valence-electron chi connectivity index (χ4n) is 3.37. The third kappa shape index (κ3) is 4.76.